The monoisotopic (exact) mass is 245 g/mol. The zero-order chi connectivity index (χ0) is 13.6. The minimum Gasteiger partial charge on any atom is -0.438 e. The number of esters is 1. The molecule has 17 heavy (non-hydrogen) atoms. The van der Waals surface area contributed by atoms with Crippen molar-refractivity contribution in [2.75, 3.05) is 7.05 Å². The topological polar surface area (TPSA) is 107 Å². The first kappa shape index (κ1) is 16.0. The number of rotatable bonds is 7. The highest BCUT2D eigenvalue weighted by atomic mass is 16.6. The number of nitrogens with two attached hydrogens (primary N) is 2. The fourth-order valence-electron chi connectivity index (χ4n) is 1.26. The Kier molecular flexibility index (Phi) is 6.94. The van der Waals surface area contributed by atoms with E-state index in [0.717, 1.165) is 0 Å². The van der Waals surface area contributed by atoms with Gasteiger partial charge >= 0.3 is 5.97 Å². The number of hydrogen-bond acceptors (Lipinski definition) is 6. The predicted molar refractivity (Wildman–Crippen MR) is 65.0 cm³/mol. The molecule has 0 aliphatic heterocycles. The van der Waals surface area contributed by atoms with Crippen molar-refractivity contribution in [1.82, 2.24) is 5.32 Å². The molecule has 0 aromatic heterocycles. The molecule has 0 heterocycles. The second-order valence-corrected chi connectivity index (χ2v) is 4.51. The van der Waals surface area contributed by atoms with Gasteiger partial charge in [0.05, 0.1) is 6.04 Å². The summed E-state index contributed by atoms with van der Waals surface area (Å²) in [6.07, 6.45) is -0.760. The smallest absolute Gasteiger partial charge is 0.324 e. The van der Waals surface area contributed by atoms with E-state index in [1.54, 1.807) is 14.0 Å². The van der Waals surface area contributed by atoms with E-state index in [0.29, 0.717) is 6.42 Å². The Morgan fingerprint density at radius 2 is 1.76 bits per heavy atom. The number of hydrogen-bond donors (Lipinski definition) is 3. The van der Waals surface area contributed by atoms with Gasteiger partial charge in [0, 0.05) is 0 Å². The van der Waals surface area contributed by atoms with E-state index in [4.69, 9.17) is 16.2 Å². The molecule has 0 fully saturated rings. The molecular formula is C11H23N3O3. The van der Waals surface area contributed by atoms with Crippen LogP contribution in [0.2, 0.25) is 0 Å². The summed E-state index contributed by atoms with van der Waals surface area (Å²) in [6.45, 7) is 5.53. The number of Topliss-reactive ketones (excluding diaryl/α,β-unsaturated/α-hetero) is 1. The van der Waals surface area contributed by atoms with Crippen LogP contribution in [0.25, 0.3) is 0 Å². The van der Waals surface area contributed by atoms with E-state index in [1.807, 2.05) is 13.8 Å². The molecule has 5 N–H and O–H groups in total. The fourth-order valence-corrected chi connectivity index (χ4v) is 1.26. The van der Waals surface area contributed by atoms with Crippen molar-refractivity contribution in [3.8, 4) is 0 Å². The van der Waals surface area contributed by atoms with Crippen LogP contribution in [0.5, 0.6) is 0 Å². The van der Waals surface area contributed by atoms with Crippen LogP contribution in [0.3, 0.4) is 0 Å². The van der Waals surface area contributed by atoms with Crippen LogP contribution >= 0.6 is 0 Å². The average Bonchev–Trinajstić information content (AvgIpc) is 2.25. The molecule has 0 radical (unpaired) electrons. The highest BCUT2D eigenvalue weighted by Crippen LogP contribution is 2.05. The Hall–Kier alpha value is -0.980. The lowest BCUT2D eigenvalue weighted by atomic mass is 10.0. The third-order valence-corrected chi connectivity index (χ3v) is 2.41. The van der Waals surface area contributed by atoms with E-state index in [2.05, 4.69) is 5.32 Å². The lowest BCUT2D eigenvalue weighted by Gasteiger charge is -2.19. The lowest BCUT2D eigenvalue weighted by Crippen LogP contribution is -2.48. The predicted octanol–water partition coefficient (Wildman–Crippen LogP) is -0.635. The first-order chi connectivity index (χ1) is 7.79. The molecule has 0 aromatic rings. The molecule has 0 aromatic carbocycles. The van der Waals surface area contributed by atoms with Gasteiger partial charge in [0.2, 0.25) is 12.0 Å². The summed E-state index contributed by atoms with van der Waals surface area (Å²) >= 11 is 0. The van der Waals surface area contributed by atoms with Gasteiger partial charge in [-0.2, -0.15) is 0 Å². The standard InChI is InChI=1S/C11H23N3O3/c1-6(2)5-8(12)11(16)17-10(13)9(15)7(3)14-4/h6-8,10,14H,5,12-13H2,1-4H3/t7-,8-,10+/m0/s1. The van der Waals surface area contributed by atoms with Crippen LogP contribution < -0.4 is 16.8 Å². The van der Waals surface area contributed by atoms with Crippen molar-refractivity contribution < 1.29 is 14.3 Å². The van der Waals surface area contributed by atoms with Crippen LogP contribution in [-0.4, -0.2) is 37.1 Å². The van der Waals surface area contributed by atoms with Gasteiger partial charge in [0.15, 0.2) is 0 Å². The van der Waals surface area contributed by atoms with Gasteiger partial charge in [0.25, 0.3) is 0 Å². The van der Waals surface area contributed by atoms with E-state index in [-0.39, 0.29) is 11.7 Å². The molecule has 0 saturated heterocycles. The van der Waals surface area contributed by atoms with E-state index < -0.39 is 24.3 Å². The zero-order valence-electron chi connectivity index (χ0n) is 10.9. The van der Waals surface area contributed by atoms with Gasteiger partial charge in [-0.3, -0.25) is 15.3 Å². The number of nitrogens with one attached hydrogen (secondary N) is 1. The molecule has 0 spiro atoms. The van der Waals surface area contributed by atoms with Gasteiger partial charge in [0.1, 0.15) is 6.04 Å². The van der Waals surface area contributed by atoms with E-state index in [9.17, 15) is 9.59 Å². The first-order valence-corrected chi connectivity index (χ1v) is 5.72. The second kappa shape index (κ2) is 7.37. The number of carbonyl (C=O) groups excluding carboxylic acids is 2. The molecule has 0 unspecified atom stereocenters. The number of ether oxygens (including phenoxy) is 1. The Morgan fingerprint density at radius 3 is 2.18 bits per heavy atom. The summed E-state index contributed by atoms with van der Waals surface area (Å²) < 4.78 is 4.82. The van der Waals surface area contributed by atoms with Crippen molar-refractivity contribution in [3.05, 3.63) is 0 Å². The van der Waals surface area contributed by atoms with Crippen LogP contribution in [0.4, 0.5) is 0 Å². The molecule has 0 bridgehead atoms. The quantitative estimate of drug-likeness (QED) is 0.407. The minimum absolute atomic E-state index is 0.278. The van der Waals surface area contributed by atoms with Gasteiger partial charge in [-0.1, -0.05) is 13.8 Å². The van der Waals surface area contributed by atoms with Crippen molar-refractivity contribution in [2.45, 2.75) is 45.5 Å². The average molecular weight is 245 g/mol. The third kappa shape index (κ3) is 5.76. The highest BCUT2D eigenvalue weighted by Gasteiger charge is 2.25. The van der Waals surface area contributed by atoms with Crippen molar-refractivity contribution in [3.63, 3.8) is 0 Å². The normalized spacial score (nSPS) is 16.4. The van der Waals surface area contributed by atoms with Crippen molar-refractivity contribution in [1.29, 1.82) is 0 Å². The van der Waals surface area contributed by atoms with Gasteiger partial charge in [-0.05, 0) is 26.3 Å². The van der Waals surface area contributed by atoms with Gasteiger partial charge in [-0.25, -0.2) is 0 Å². The first-order valence-electron chi connectivity index (χ1n) is 5.72. The van der Waals surface area contributed by atoms with Crippen LogP contribution in [0.15, 0.2) is 0 Å². The highest BCUT2D eigenvalue weighted by molar-refractivity contribution is 5.89. The van der Waals surface area contributed by atoms with Crippen molar-refractivity contribution in [2.24, 2.45) is 17.4 Å². The maximum atomic E-state index is 11.5. The van der Waals surface area contributed by atoms with Gasteiger partial charge in [-0.15, -0.1) is 0 Å². The molecule has 100 valence electrons. The summed E-state index contributed by atoms with van der Waals surface area (Å²) in [7, 11) is 1.63. The number of carbonyl (C=O) groups is 2. The van der Waals surface area contributed by atoms with Crippen LogP contribution in [0, 0.1) is 5.92 Å². The largest absolute Gasteiger partial charge is 0.438 e. The summed E-state index contributed by atoms with van der Waals surface area (Å²) in [6, 6.07) is -1.20. The van der Waals surface area contributed by atoms with Gasteiger partial charge < -0.3 is 15.8 Å². The maximum Gasteiger partial charge on any atom is 0.324 e. The molecule has 6 heteroatoms. The fraction of sp³-hybridized carbons (Fsp3) is 0.818. The third-order valence-electron chi connectivity index (χ3n) is 2.41. The summed E-state index contributed by atoms with van der Waals surface area (Å²) in [5.74, 6) is -0.735. The Morgan fingerprint density at radius 1 is 1.24 bits per heavy atom. The second-order valence-electron chi connectivity index (χ2n) is 4.51. The number of ketones is 1. The molecule has 0 saturated carbocycles. The maximum absolute atomic E-state index is 11.5. The minimum atomic E-state index is -1.26. The van der Waals surface area contributed by atoms with Crippen LogP contribution in [-0.2, 0) is 14.3 Å². The SMILES string of the molecule is CN[C@@H](C)C(=O)[C@H](N)OC(=O)[C@@H](N)CC(C)C. The molecule has 6 nitrogen and oxygen atoms in total. The molecule has 0 amide bonds. The molecule has 3 atom stereocenters. The summed E-state index contributed by atoms with van der Waals surface area (Å²) in [4.78, 5) is 23.1. The van der Waals surface area contributed by atoms with E-state index in [1.165, 1.54) is 0 Å². The lowest BCUT2D eigenvalue weighted by molar-refractivity contribution is -0.156. The summed E-state index contributed by atoms with van der Waals surface area (Å²) in [5, 5.41) is 2.73. The Balaban J connectivity index is 4.24. The van der Waals surface area contributed by atoms with Crippen LogP contribution in [0.1, 0.15) is 27.2 Å². The number of likely N-dealkylation sites (N-methyl/N-ethyl adjacent to an activating group) is 1. The Bertz CT molecular complexity index is 269. The van der Waals surface area contributed by atoms with E-state index >= 15 is 0 Å². The molecule has 0 aliphatic carbocycles. The Labute approximate surface area is 102 Å². The summed E-state index contributed by atoms with van der Waals surface area (Å²) in [5.41, 5.74) is 11.1. The molecule has 0 aliphatic rings. The zero-order valence-corrected chi connectivity index (χ0v) is 10.9. The molecular weight excluding hydrogens is 222 g/mol. The van der Waals surface area contributed by atoms with Crippen molar-refractivity contribution >= 4 is 11.8 Å². The molecule has 0 rings (SSSR count).